The third-order valence-corrected chi connectivity index (χ3v) is 7.08. The molecule has 0 fully saturated rings. The smallest absolute Gasteiger partial charge is 0.0372 e. The van der Waals surface area contributed by atoms with Crippen LogP contribution in [0.15, 0.2) is 122 Å². The van der Waals surface area contributed by atoms with Crippen molar-refractivity contribution in [3.8, 4) is 22.3 Å². The lowest BCUT2D eigenvalue weighted by Crippen LogP contribution is -2.00. The van der Waals surface area contributed by atoms with Gasteiger partial charge in [0.2, 0.25) is 0 Å². The number of para-hydroxylation sites is 1. The second kappa shape index (κ2) is 10.7. The Morgan fingerprint density at radius 1 is 0.649 bits per heavy atom. The molecular formula is C36H33N. The Morgan fingerprint density at radius 2 is 1.35 bits per heavy atom. The molecule has 0 saturated heterocycles. The second-order valence-electron chi connectivity index (χ2n) is 9.71. The summed E-state index contributed by atoms with van der Waals surface area (Å²) in [6.07, 6.45) is 4.29. The monoisotopic (exact) mass is 479 g/mol. The van der Waals surface area contributed by atoms with E-state index in [1.54, 1.807) is 0 Å². The van der Waals surface area contributed by atoms with Crippen molar-refractivity contribution in [1.29, 1.82) is 0 Å². The maximum atomic E-state index is 4.48. The Bertz CT molecular complexity index is 1620. The van der Waals surface area contributed by atoms with Gasteiger partial charge in [0.15, 0.2) is 0 Å². The van der Waals surface area contributed by atoms with Crippen LogP contribution in [0, 0.1) is 20.8 Å². The molecule has 1 nitrogen and oxygen atoms in total. The van der Waals surface area contributed by atoms with Crippen molar-refractivity contribution in [1.82, 2.24) is 0 Å². The number of nitrogens with one attached hydrogen (secondary N) is 1. The summed E-state index contributed by atoms with van der Waals surface area (Å²) >= 11 is 0. The van der Waals surface area contributed by atoms with Gasteiger partial charge in [-0.25, -0.2) is 0 Å². The van der Waals surface area contributed by atoms with Crippen molar-refractivity contribution >= 4 is 22.0 Å². The first-order chi connectivity index (χ1) is 18.0. The molecule has 0 spiro atoms. The largest absolute Gasteiger partial charge is 0.381 e. The molecule has 0 saturated carbocycles. The average molecular weight is 480 g/mol. The topological polar surface area (TPSA) is 12.0 Å². The fourth-order valence-corrected chi connectivity index (χ4v) is 4.97. The zero-order valence-corrected chi connectivity index (χ0v) is 21.9. The van der Waals surface area contributed by atoms with E-state index in [0.29, 0.717) is 0 Å². The SMILES string of the molecule is C=C(/C=C\CNc1ccccc1C)c1cc(C)c(-c2ccccc2C)cc1-c1ccc2ccccc2c1. The number of allylic oxidation sites excluding steroid dienone is 2. The number of rotatable bonds is 7. The van der Waals surface area contributed by atoms with E-state index in [2.05, 4.69) is 148 Å². The summed E-state index contributed by atoms with van der Waals surface area (Å²) in [6.45, 7) is 11.7. The maximum absolute atomic E-state index is 4.48. The van der Waals surface area contributed by atoms with Crippen LogP contribution in [-0.2, 0) is 0 Å². The lowest BCUT2D eigenvalue weighted by Gasteiger charge is -2.17. The molecule has 0 radical (unpaired) electrons. The molecule has 0 amide bonds. The van der Waals surface area contributed by atoms with Crippen LogP contribution >= 0.6 is 0 Å². The molecule has 0 aliphatic rings. The normalized spacial score (nSPS) is 11.2. The fraction of sp³-hybridized carbons (Fsp3) is 0.111. The first-order valence-electron chi connectivity index (χ1n) is 12.9. The molecule has 0 aliphatic heterocycles. The molecule has 37 heavy (non-hydrogen) atoms. The molecule has 1 heteroatoms. The first kappa shape index (κ1) is 24.3. The van der Waals surface area contributed by atoms with E-state index in [0.717, 1.165) is 23.4 Å². The van der Waals surface area contributed by atoms with Crippen molar-refractivity contribution in [2.45, 2.75) is 20.8 Å². The van der Waals surface area contributed by atoms with Gasteiger partial charge in [0.05, 0.1) is 0 Å². The van der Waals surface area contributed by atoms with Crippen molar-refractivity contribution in [3.63, 3.8) is 0 Å². The van der Waals surface area contributed by atoms with Gasteiger partial charge >= 0.3 is 0 Å². The Labute approximate surface area is 220 Å². The second-order valence-corrected chi connectivity index (χ2v) is 9.71. The highest BCUT2D eigenvalue weighted by Crippen LogP contribution is 2.37. The lowest BCUT2D eigenvalue weighted by atomic mass is 9.87. The summed E-state index contributed by atoms with van der Waals surface area (Å²) in [4.78, 5) is 0. The molecule has 0 heterocycles. The predicted octanol–water partition coefficient (Wildman–Crippen LogP) is 9.78. The standard InChI is InChI=1S/C36H33N/c1-25-12-5-9-17-32(25)34-24-35(31-20-19-29-15-7-8-16-30(29)23-31)33(22-28(34)4)26(2)14-11-21-37-36-18-10-6-13-27(36)3/h5-20,22-24,37H,2,21H2,1,3-4H3/b14-11-. The van der Waals surface area contributed by atoms with E-state index in [4.69, 9.17) is 0 Å². The van der Waals surface area contributed by atoms with Gasteiger partial charge in [0, 0.05) is 12.2 Å². The van der Waals surface area contributed by atoms with E-state index >= 15 is 0 Å². The van der Waals surface area contributed by atoms with Gasteiger partial charge in [-0.1, -0.05) is 104 Å². The molecule has 182 valence electrons. The molecule has 1 N–H and O–H groups in total. The fourth-order valence-electron chi connectivity index (χ4n) is 4.97. The van der Waals surface area contributed by atoms with Crippen molar-refractivity contribution in [2.24, 2.45) is 0 Å². The summed E-state index contributed by atoms with van der Waals surface area (Å²) in [5.74, 6) is 0. The molecule has 0 bridgehead atoms. The lowest BCUT2D eigenvalue weighted by molar-refractivity contribution is 1.30. The molecule has 5 rings (SSSR count). The third kappa shape index (κ3) is 5.27. The maximum Gasteiger partial charge on any atom is 0.0372 e. The van der Waals surface area contributed by atoms with Crippen molar-refractivity contribution in [2.75, 3.05) is 11.9 Å². The van der Waals surface area contributed by atoms with Crippen LogP contribution in [0.2, 0.25) is 0 Å². The minimum atomic E-state index is 0.745. The predicted molar refractivity (Wildman–Crippen MR) is 162 cm³/mol. The highest BCUT2D eigenvalue weighted by atomic mass is 14.9. The van der Waals surface area contributed by atoms with Crippen LogP contribution in [-0.4, -0.2) is 6.54 Å². The highest BCUT2D eigenvalue weighted by Gasteiger charge is 2.14. The summed E-state index contributed by atoms with van der Waals surface area (Å²) in [5.41, 5.74) is 12.1. The number of anilines is 1. The zero-order valence-electron chi connectivity index (χ0n) is 21.9. The average Bonchev–Trinajstić information content (AvgIpc) is 2.92. The van der Waals surface area contributed by atoms with Gasteiger partial charge in [-0.2, -0.15) is 0 Å². The van der Waals surface area contributed by atoms with Gasteiger partial charge in [-0.05, 0) is 99.8 Å². The Balaban J connectivity index is 1.54. The van der Waals surface area contributed by atoms with Gasteiger partial charge < -0.3 is 5.32 Å². The molecule has 0 aromatic heterocycles. The van der Waals surface area contributed by atoms with Crippen LogP contribution in [0.4, 0.5) is 5.69 Å². The van der Waals surface area contributed by atoms with E-state index < -0.39 is 0 Å². The molecule has 0 atom stereocenters. The third-order valence-electron chi connectivity index (χ3n) is 7.08. The molecule has 5 aromatic carbocycles. The Hall–Kier alpha value is -4.36. The van der Waals surface area contributed by atoms with Crippen molar-refractivity contribution < 1.29 is 0 Å². The summed E-state index contributed by atoms with van der Waals surface area (Å²) < 4.78 is 0. The van der Waals surface area contributed by atoms with Crippen LogP contribution in [0.25, 0.3) is 38.6 Å². The molecule has 0 unspecified atom stereocenters. The molecule has 5 aromatic rings. The zero-order chi connectivity index (χ0) is 25.8. The quantitative estimate of drug-likeness (QED) is 0.229. The van der Waals surface area contributed by atoms with Gasteiger partial charge in [0.25, 0.3) is 0 Å². The number of hydrogen-bond acceptors (Lipinski definition) is 1. The Kier molecular flexibility index (Phi) is 7.05. The van der Waals surface area contributed by atoms with Crippen LogP contribution in [0.1, 0.15) is 22.3 Å². The van der Waals surface area contributed by atoms with Crippen LogP contribution in [0.5, 0.6) is 0 Å². The molecular weight excluding hydrogens is 446 g/mol. The highest BCUT2D eigenvalue weighted by molar-refractivity contribution is 5.93. The first-order valence-corrected chi connectivity index (χ1v) is 12.9. The summed E-state index contributed by atoms with van der Waals surface area (Å²) in [6, 6.07) is 36.9. The number of hydrogen-bond donors (Lipinski definition) is 1. The number of fused-ring (bicyclic) bond motifs is 1. The summed E-state index contributed by atoms with van der Waals surface area (Å²) in [5, 5.41) is 6.00. The number of benzene rings is 5. The minimum Gasteiger partial charge on any atom is -0.381 e. The van der Waals surface area contributed by atoms with E-state index in [9.17, 15) is 0 Å². The van der Waals surface area contributed by atoms with Gasteiger partial charge in [0.1, 0.15) is 0 Å². The molecule has 0 aliphatic carbocycles. The van der Waals surface area contributed by atoms with E-state index in [1.165, 1.54) is 49.7 Å². The van der Waals surface area contributed by atoms with Crippen LogP contribution in [0.3, 0.4) is 0 Å². The van der Waals surface area contributed by atoms with Gasteiger partial charge in [-0.15, -0.1) is 0 Å². The van der Waals surface area contributed by atoms with Gasteiger partial charge in [-0.3, -0.25) is 0 Å². The van der Waals surface area contributed by atoms with Crippen molar-refractivity contribution in [3.05, 3.63) is 144 Å². The number of aryl methyl sites for hydroxylation is 3. The van der Waals surface area contributed by atoms with Crippen LogP contribution < -0.4 is 5.32 Å². The van der Waals surface area contributed by atoms with E-state index in [-0.39, 0.29) is 0 Å². The van der Waals surface area contributed by atoms with E-state index in [1.807, 2.05) is 0 Å². The summed E-state index contributed by atoms with van der Waals surface area (Å²) in [7, 11) is 0. The minimum absolute atomic E-state index is 0.745. The Morgan fingerprint density at radius 3 is 2.14 bits per heavy atom.